The van der Waals surface area contributed by atoms with Crippen LogP contribution in [0.4, 0.5) is 8.78 Å². The van der Waals surface area contributed by atoms with Gasteiger partial charge in [0, 0.05) is 24.9 Å². The monoisotopic (exact) mass is 380 g/mol. The van der Waals surface area contributed by atoms with E-state index in [9.17, 15) is 18.4 Å². The number of methoxy groups -OCH3 is 1. The number of carbonyl (C=O) groups is 2. The summed E-state index contributed by atoms with van der Waals surface area (Å²) >= 11 is 0.893. The normalized spacial score (nSPS) is 12.0. The Morgan fingerprint density at radius 1 is 1.35 bits per heavy atom. The summed E-state index contributed by atoms with van der Waals surface area (Å²) in [6.07, 6.45) is 1.66. The second-order valence-electron chi connectivity index (χ2n) is 5.53. The lowest BCUT2D eigenvalue weighted by molar-refractivity contribution is -0.141. The van der Waals surface area contributed by atoms with Crippen LogP contribution < -0.4 is 4.80 Å². The molecule has 136 valence electrons. The minimum atomic E-state index is -0.858. The number of esters is 1. The molecule has 0 saturated heterocycles. The molecule has 0 aliphatic carbocycles. The van der Waals surface area contributed by atoms with Gasteiger partial charge in [0.05, 0.1) is 17.3 Å². The number of ether oxygens (including phenoxy) is 1. The van der Waals surface area contributed by atoms with E-state index < -0.39 is 23.5 Å². The Balaban J connectivity index is 2.22. The Morgan fingerprint density at radius 3 is 2.69 bits per heavy atom. The van der Waals surface area contributed by atoms with Gasteiger partial charge in [0.25, 0.3) is 5.91 Å². The first-order valence-electron chi connectivity index (χ1n) is 7.44. The van der Waals surface area contributed by atoms with Crippen LogP contribution in [0.25, 0.3) is 10.2 Å². The number of aromatic nitrogens is 3. The molecule has 0 spiro atoms. The number of amides is 1. The number of hydrogen-bond acceptors (Lipinski definition) is 5. The molecule has 0 N–H and O–H groups in total. The zero-order valence-corrected chi connectivity index (χ0v) is 14.9. The molecular formula is C16H14F2N4O3S. The summed E-state index contributed by atoms with van der Waals surface area (Å²) < 4.78 is 35.3. The Labute approximate surface area is 150 Å². The first kappa shape index (κ1) is 17.9. The van der Waals surface area contributed by atoms with Crippen LogP contribution >= 0.6 is 11.3 Å². The first-order valence-corrected chi connectivity index (χ1v) is 8.26. The van der Waals surface area contributed by atoms with Crippen molar-refractivity contribution in [3.63, 3.8) is 0 Å². The van der Waals surface area contributed by atoms with E-state index in [1.165, 1.54) is 16.4 Å². The van der Waals surface area contributed by atoms with Crippen LogP contribution in [0.5, 0.6) is 0 Å². The van der Waals surface area contributed by atoms with Crippen LogP contribution in [0.2, 0.25) is 0 Å². The minimum absolute atomic E-state index is 0.0221. The number of carbonyl (C=O) groups excluding carboxylic acids is 2. The first-order chi connectivity index (χ1) is 12.3. The number of halogens is 2. The fourth-order valence-electron chi connectivity index (χ4n) is 2.51. The zero-order valence-electron chi connectivity index (χ0n) is 14.1. The van der Waals surface area contributed by atoms with E-state index in [-0.39, 0.29) is 27.3 Å². The number of aryl methyl sites for hydroxylation is 2. The van der Waals surface area contributed by atoms with Gasteiger partial charge in [0.1, 0.15) is 12.4 Å². The van der Waals surface area contributed by atoms with Crippen molar-refractivity contribution < 1.29 is 23.1 Å². The van der Waals surface area contributed by atoms with E-state index in [0.29, 0.717) is 11.6 Å². The molecule has 0 aliphatic heterocycles. The van der Waals surface area contributed by atoms with Crippen LogP contribution in [-0.4, -0.2) is 33.3 Å². The van der Waals surface area contributed by atoms with Crippen LogP contribution in [0.3, 0.4) is 0 Å². The Kier molecular flexibility index (Phi) is 4.68. The number of nitrogens with zero attached hydrogens (tertiary/aromatic N) is 4. The predicted molar refractivity (Wildman–Crippen MR) is 89.6 cm³/mol. The highest BCUT2D eigenvalue weighted by Crippen LogP contribution is 2.22. The highest BCUT2D eigenvalue weighted by atomic mass is 32.1. The smallest absolute Gasteiger partial charge is 0.325 e. The number of benzene rings is 1. The van der Waals surface area contributed by atoms with E-state index in [1.54, 1.807) is 20.2 Å². The Hall–Kier alpha value is -2.88. The second kappa shape index (κ2) is 6.79. The summed E-state index contributed by atoms with van der Waals surface area (Å²) in [7, 11) is 2.85. The number of thiazole rings is 1. The molecular weight excluding hydrogens is 366 g/mol. The van der Waals surface area contributed by atoms with Crippen molar-refractivity contribution in [2.45, 2.75) is 13.5 Å². The quantitative estimate of drug-likeness (QED) is 0.651. The molecule has 2 heterocycles. The predicted octanol–water partition coefficient (Wildman–Crippen LogP) is 1.94. The molecule has 0 aliphatic rings. The number of rotatable bonds is 3. The molecule has 1 aromatic carbocycles. The number of fused-ring (bicyclic) bond motifs is 1. The van der Waals surface area contributed by atoms with Gasteiger partial charge in [-0.05, 0) is 13.0 Å². The number of hydrogen-bond donors (Lipinski definition) is 0. The third-order valence-corrected chi connectivity index (χ3v) is 4.65. The van der Waals surface area contributed by atoms with E-state index >= 15 is 0 Å². The standard InChI is InChI=1S/C16H14F2N4O3S/c1-8-6-21(2)20-13(8)15(24)19-16-22(7-12(23)25-3)14-10(18)4-9(17)5-11(14)26-16/h4-6H,7H2,1-3H3. The average Bonchev–Trinajstić information content (AvgIpc) is 3.06. The summed E-state index contributed by atoms with van der Waals surface area (Å²) in [6, 6.07) is 1.82. The van der Waals surface area contributed by atoms with Gasteiger partial charge >= 0.3 is 5.97 Å². The Morgan fingerprint density at radius 2 is 2.08 bits per heavy atom. The van der Waals surface area contributed by atoms with E-state index in [1.807, 2.05) is 0 Å². The molecule has 3 aromatic rings. The molecule has 7 nitrogen and oxygen atoms in total. The molecule has 26 heavy (non-hydrogen) atoms. The highest BCUT2D eigenvalue weighted by Gasteiger charge is 2.18. The van der Waals surface area contributed by atoms with Gasteiger partial charge in [-0.1, -0.05) is 11.3 Å². The molecule has 0 unspecified atom stereocenters. The van der Waals surface area contributed by atoms with Gasteiger partial charge < -0.3 is 9.30 Å². The molecule has 0 saturated carbocycles. The van der Waals surface area contributed by atoms with Crippen molar-refractivity contribution in [1.29, 1.82) is 0 Å². The van der Waals surface area contributed by atoms with Gasteiger partial charge in [0.2, 0.25) is 0 Å². The largest absolute Gasteiger partial charge is 0.468 e. The summed E-state index contributed by atoms with van der Waals surface area (Å²) in [5, 5.41) is 4.04. The molecule has 3 rings (SSSR count). The van der Waals surface area contributed by atoms with Crippen molar-refractivity contribution in [3.8, 4) is 0 Å². The molecule has 0 bridgehead atoms. The van der Waals surface area contributed by atoms with Gasteiger partial charge in [-0.3, -0.25) is 14.3 Å². The zero-order chi connectivity index (χ0) is 19.0. The Bertz CT molecular complexity index is 1100. The lowest BCUT2D eigenvalue weighted by Crippen LogP contribution is -2.23. The molecule has 0 fully saturated rings. The van der Waals surface area contributed by atoms with Gasteiger partial charge in [-0.15, -0.1) is 0 Å². The molecule has 1 amide bonds. The fraction of sp³-hybridized carbons (Fsp3) is 0.250. The van der Waals surface area contributed by atoms with Crippen LogP contribution in [0.1, 0.15) is 16.1 Å². The second-order valence-corrected chi connectivity index (χ2v) is 6.54. The van der Waals surface area contributed by atoms with Crippen LogP contribution in [0.15, 0.2) is 23.3 Å². The van der Waals surface area contributed by atoms with Gasteiger partial charge in [0.15, 0.2) is 16.3 Å². The molecule has 0 atom stereocenters. The van der Waals surface area contributed by atoms with Gasteiger partial charge in [-0.25, -0.2) is 8.78 Å². The molecule has 10 heteroatoms. The van der Waals surface area contributed by atoms with E-state index in [0.717, 1.165) is 17.4 Å². The lowest BCUT2D eigenvalue weighted by atomic mass is 10.3. The van der Waals surface area contributed by atoms with Gasteiger partial charge in [-0.2, -0.15) is 10.1 Å². The van der Waals surface area contributed by atoms with Crippen molar-refractivity contribution in [2.24, 2.45) is 12.0 Å². The van der Waals surface area contributed by atoms with Crippen molar-refractivity contribution in [1.82, 2.24) is 14.3 Å². The maximum Gasteiger partial charge on any atom is 0.325 e. The van der Waals surface area contributed by atoms with E-state index in [4.69, 9.17) is 0 Å². The van der Waals surface area contributed by atoms with E-state index in [2.05, 4.69) is 14.8 Å². The maximum atomic E-state index is 14.3. The third-order valence-electron chi connectivity index (χ3n) is 3.62. The topological polar surface area (TPSA) is 78.5 Å². The lowest BCUT2D eigenvalue weighted by Gasteiger charge is -2.04. The van der Waals surface area contributed by atoms with Crippen LogP contribution in [-0.2, 0) is 23.1 Å². The van der Waals surface area contributed by atoms with Crippen molar-refractivity contribution >= 4 is 33.4 Å². The molecule has 2 aromatic heterocycles. The van der Waals surface area contributed by atoms with Crippen molar-refractivity contribution in [3.05, 3.63) is 46.0 Å². The highest BCUT2D eigenvalue weighted by molar-refractivity contribution is 7.16. The fourth-order valence-corrected chi connectivity index (χ4v) is 3.58. The average molecular weight is 380 g/mol. The summed E-state index contributed by atoms with van der Waals surface area (Å²) in [6.45, 7) is 1.34. The molecule has 0 radical (unpaired) electrons. The SMILES string of the molecule is COC(=O)Cn1c(=NC(=O)c2nn(C)cc2C)sc2cc(F)cc(F)c21. The van der Waals surface area contributed by atoms with Crippen LogP contribution in [0, 0.1) is 18.6 Å². The maximum absolute atomic E-state index is 14.3. The third kappa shape index (κ3) is 3.27. The summed E-state index contributed by atoms with van der Waals surface area (Å²) in [4.78, 5) is 28.2. The summed E-state index contributed by atoms with van der Waals surface area (Å²) in [5.41, 5.74) is 0.742. The van der Waals surface area contributed by atoms with Crippen molar-refractivity contribution in [2.75, 3.05) is 7.11 Å². The minimum Gasteiger partial charge on any atom is -0.468 e. The summed E-state index contributed by atoms with van der Waals surface area (Å²) in [5.74, 6) is -2.92.